The maximum Gasteiger partial charge on any atom is 0.389 e. The maximum absolute atomic E-state index is 12.5. The highest BCUT2D eigenvalue weighted by Gasteiger charge is 2.37. The van der Waals surface area contributed by atoms with Gasteiger partial charge in [-0.15, -0.1) is 0 Å². The normalized spacial score (nSPS) is 26.4. The van der Waals surface area contributed by atoms with Crippen LogP contribution in [0.2, 0.25) is 0 Å². The fraction of sp³-hybridized carbons (Fsp3) is 1.00. The van der Waals surface area contributed by atoms with Crippen molar-refractivity contribution >= 4 is 0 Å². The van der Waals surface area contributed by atoms with E-state index in [0.717, 1.165) is 0 Å². The molecule has 2 unspecified atom stereocenters. The highest BCUT2D eigenvalue weighted by Crippen LogP contribution is 2.30. The van der Waals surface area contributed by atoms with Crippen molar-refractivity contribution in [3.8, 4) is 0 Å². The lowest BCUT2D eigenvalue weighted by molar-refractivity contribution is -0.149. The monoisotopic (exact) mass is 288 g/mol. The molecule has 0 aromatic carbocycles. The topological polar surface area (TPSA) is 15.3 Å². The van der Waals surface area contributed by atoms with Crippen molar-refractivity contribution in [3.05, 3.63) is 0 Å². The number of piperidine rings is 1. The number of likely N-dealkylation sites (tertiary alicyclic amines) is 1. The van der Waals surface area contributed by atoms with Gasteiger partial charge in [0.05, 0.1) is 6.54 Å². The number of rotatable bonds is 5. The lowest BCUT2D eigenvalue weighted by Gasteiger charge is -2.40. The average molecular weight is 288 g/mol. The van der Waals surface area contributed by atoms with Gasteiger partial charge in [-0.2, -0.15) is 13.2 Å². The van der Waals surface area contributed by atoms with E-state index in [1.54, 1.807) is 0 Å². The Kier molecular flexibility index (Phi) is 5.98. The first-order chi connectivity index (χ1) is 8.67. The smallest absolute Gasteiger partial charge is 0.307 e. The van der Waals surface area contributed by atoms with Crippen LogP contribution in [0.15, 0.2) is 0 Å². The SMILES string of the molecule is CC(C)N1CC(CC(F)(F)F)CC(NCC(F)F)C1. The molecule has 1 aliphatic rings. The van der Waals surface area contributed by atoms with E-state index in [1.165, 1.54) is 0 Å². The third kappa shape index (κ3) is 6.51. The summed E-state index contributed by atoms with van der Waals surface area (Å²) in [5, 5.41) is 2.66. The van der Waals surface area contributed by atoms with Crippen LogP contribution in [-0.2, 0) is 0 Å². The molecule has 1 rings (SSSR count). The van der Waals surface area contributed by atoms with Crippen LogP contribution in [0.25, 0.3) is 0 Å². The Bertz CT molecular complexity index is 267. The number of halogens is 5. The largest absolute Gasteiger partial charge is 0.389 e. The average Bonchev–Trinajstić information content (AvgIpc) is 2.23. The molecule has 0 aliphatic carbocycles. The van der Waals surface area contributed by atoms with E-state index < -0.39 is 31.5 Å². The third-order valence-corrected chi connectivity index (χ3v) is 3.38. The zero-order valence-electron chi connectivity index (χ0n) is 11.2. The molecule has 0 saturated carbocycles. The summed E-state index contributed by atoms with van der Waals surface area (Å²) in [5.41, 5.74) is 0. The number of hydrogen-bond donors (Lipinski definition) is 1. The first-order valence-electron chi connectivity index (χ1n) is 6.49. The van der Waals surface area contributed by atoms with Gasteiger partial charge in [-0.1, -0.05) is 0 Å². The second kappa shape index (κ2) is 6.83. The summed E-state index contributed by atoms with van der Waals surface area (Å²) >= 11 is 0. The standard InChI is InChI=1S/C12H21F5N2/c1-8(2)19-6-9(4-12(15,16)17)3-10(7-19)18-5-11(13)14/h8-11,18H,3-7H2,1-2H3. The summed E-state index contributed by atoms with van der Waals surface area (Å²) in [5.74, 6) is -0.522. The second-order valence-corrected chi connectivity index (χ2v) is 5.46. The molecule has 1 saturated heterocycles. The Morgan fingerprint density at radius 1 is 1.21 bits per heavy atom. The van der Waals surface area contributed by atoms with Gasteiger partial charge in [0.2, 0.25) is 0 Å². The summed E-state index contributed by atoms with van der Waals surface area (Å²) in [6.45, 7) is 4.25. The Morgan fingerprint density at radius 2 is 1.84 bits per heavy atom. The first-order valence-corrected chi connectivity index (χ1v) is 6.49. The lowest BCUT2D eigenvalue weighted by atomic mass is 9.90. The van der Waals surface area contributed by atoms with Gasteiger partial charge in [0.1, 0.15) is 0 Å². The minimum absolute atomic E-state index is 0.117. The summed E-state index contributed by atoms with van der Waals surface area (Å²) in [6, 6.07) is -0.176. The van der Waals surface area contributed by atoms with Crippen molar-refractivity contribution in [1.29, 1.82) is 0 Å². The predicted octanol–water partition coefficient (Wildman–Crippen LogP) is 2.89. The van der Waals surface area contributed by atoms with Crippen molar-refractivity contribution in [2.75, 3.05) is 19.6 Å². The van der Waals surface area contributed by atoms with Crippen LogP contribution >= 0.6 is 0 Å². The Hall–Kier alpha value is -0.430. The number of nitrogens with zero attached hydrogens (tertiary/aromatic N) is 1. The van der Waals surface area contributed by atoms with Crippen LogP contribution in [0.1, 0.15) is 26.7 Å². The van der Waals surface area contributed by atoms with E-state index in [2.05, 4.69) is 5.32 Å². The van der Waals surface area contributed by atoms with Crippen molar-refractivity contribution in [1.82, 2.24) is 10.2 Å². The second-order valence-electron chi connectivity index (χ2n) is 5.46. The van der Waals surface area contributed by atoms with Gasteiger partial charge in [0.15, 0.2) is 0 Å². The lowest BCUT2D eigenvalue weighted by Crippen LogP contribution is -2.52. The van der Waals surface area contributed by atoms with E-state index in [1.807, 2.05) is 18.7 Å². The maximum atomic E-state index is 12.5. The van der Waals surface area contributed by atoms with Crippen LogP contribution < -0.4 is 5.32 Å². The molecule has 7 heteroatoms. The van der Waals surface area contributed by atoms with Crippen LogP contribution in [0.4, 0.5) is 22.0 Å². The minimum atomic E-state index is -4.20. The highest BCUT2D eigenvalue weighted by molar-refractivity contribution is 4.86. The Labute approximate surface area is 110 Å². The minimum Gasteiger partial charge on any atom is -0.307 e. The number of hydrogen-bond acceptors (Lipinski definition) is 2. The molecule has 1 fully saturated rings. The molecule has 1 heterocycles. The van der Waals surface area contributed by atoms with Gasteiger partial charge in [0.25, 0.3) is 6.43 Å². The van der Waals surface area contributed by atoms with Crippen LogP contribution in [0.5, 0.6) is 0 Å². The molecule has 2 nitrogen and oxygen atoms in total. The summed E-state index contributed by atoms with van der Waals surface area (Å²) < 4.78 is 61.7. The van der Waals surface area contributed by atoms with E-state index in [-0.39, 0.29) is 12.1 Å². The van der Waals surface area contributed by atoms with Crippen molar-refractivity contribution in [2.24, 2.45) is 5.92 Å². The van der Waals surface area contributed by atoms with E-state index >= 15 is 0 Å². The molecule has 2 atom stereocenters. The molecular weight excluding hydrogens is 267 g/mol. The molecule has 0 bridgehead atoms. The van der Waals surface area contributed by atoms with Gasteiger partial charge in [0, 0.05) is 31.6 Å². The number of nitrogens with one attached hydrogen (secondary N) is 1. The highest BCUT2D eigenvalue weighted by atomic mass is 19.4. The fourth-order valence-electron chi connectivity index (χ4n) is 2.54. The van der Waals surface area contributed by atoms with Gasteiger partial charge in [-0.25, -0.2) is 8.78 Å². The zero-order chi connectivity index (χ0) is 14.6. The van der Waals surface area contributed by atoms with E-state index in [0.29, 0.717) is 19.5 Å². The van der Waals surface area contributed by atoms with Crippen molar-refractivity contribution in [2.45, 2.75) is 51.4 Å². The van der Waals surface area contributed by atoms with Gasteiger partial charge in [-0.05, 0) is 26.2 Å². The number of alkyl halides is 5. The Balaban J connectivity index is 2.57. The molecule has 1 N–H and O–H groups in total. The molecule has 114 valence electrons. The molecule has 19 heavy (non-hydrogen) atoms. The van der Waals surface area contributed by atoms with Crippen molar-refractivity contribution in [3.63, 3.8) is 0 Å². The molecule has 0 radical (unpaired) electrons. The van der Waals surface area contributed by atoms with Gasteiger partial charge < -0.3 is 5.32 Å². The zero-order valence-corrected chi connectivity index (χ0v) is 11.2. The Morgan fingerprint density at radius 3 is 2.32 bits per heavy atom. The quantitative estimate of drug-likeness (QED) is 0.783. The van der Waals surface area contributed by atoms with Crippen LogP contribution in [0, 0.1) is 5.92 Å². The molecule has 0 aromatic rings. The van der Waals surface area contributed by atoms with E-state index in [4.69, 9.17) is 0 Å². The molecule has 0 spiro atoms. The van der Waals surface area contributed by atoms with Crippen LogP contribution in [0.3, 0.4) is 0 Å². The fourth-order valence-corrected chi connectivity index (χ4v) is 2.54. The first kappa shape index (κ1) is 16.6. The van der Waals surface area contributed by atoms with Crippen molar-refractivity contribution < 1.29 is 22.0 Å². The summed E-state index contributed by atoms with van der Waals surface area (Å²) in [7, 11) is 0. The molecule has 1 aliphatic heterocycles. The summed E-state index contributed by atoms with van der Waals surface area (Å²) in [6.07, 6.45) is -7.22. The molecular formula is C12H21F5N2. The summed E-state index contributed by atoms with van der Waals surface area (Å²) in [4.78, 5) is 1.92. The predicted molar refractivity (Wildman–Crippen MR) is 63.3 cm³/mol. The van der Waals surface area contributed by atoms with Gasteiger partial charge in [-0.3, -0.25) is 4.90 Å². The van der Waals surface area contributed by atoms with E-state index in [9.17, 15) is 22.0 Å². The van der Waals surface area contributed by atoms with Gasteiger partial charge >= 0.3 is 6.18 Å². The molecule has 0 amide bonds. The van der Waals surface area contributed by atoms with Crippen LogP contribution in [-0.4, -0.2) is 49.2 Å². The third-order valence-electron chi connectivity index (χ3n) is 3.38. The molecule has 0 aromatic heterocycles.